The first-order valence-electron chi connectivity index (χ1n) is 8.09. The zero-order valence-corrected chi connectivity index (χ0v) is 14.6. The summed E-state index contributed by atoms with van der Waals surface area (Å²) in [6.07, 6.45) is -4.72. The molecule has 0 fully saturated rings. The lowest BCUT2D eigenvalue weighted by Crippen LogP contribution is -2.22. The van der Waals surface area contributed by atoms with E-state index >= 15 is 0 Å². The Morgan fingerprint density at radius 2 is 1.89 bits per heavy atom. The van der Waals surface area contributed by atoms with Crippen molar-refractivity contribution in [2.45, 2.75) is 12.6 Å². The highest BCUT2D eigenvalue weighted by molar-refractivity contribution is 5.68. The molecule has 0 saturated carbocycles. The van der Waals surface area contributed by atoms with Gasteiger partial charge in [0, 0.05) is 12.3 Å². The number of halogens is 3. The Labute approximate surface area is 157 Å². The molecular weight excluding hydrogens is 375 g/mol. The van der Waals surface area contributed by atoms with Crippen molar-refractivity contribution in [1.29, 1.82) is 5.26 Å². The molecule has 0 aliphatic rings. The Morgan fingerprint density at radius 3 is 2.50 bits per heavy atom. The number of nitrogens with zero attached hydrogens (tertiary/aromatic N) is 3. The van der Waals surface area contributed by atoms with Crippen LogP contribution in [0.25, 0.3) is 16.8 Å². The van der Waals surface area contributed by atoms with Crippen molar-refractivity contribution in [2.75, 3.05) is 13.7 Å². The molecule has 0 N–H and O–H groups in total. The second kappa shape index (κ2) is 8.00. The largest absolute Gasteiger partial charge is 0.497 e. The van der Waals surface area contributed by atoms with Gasteiger partial charge >= 0.3 is 0 Å². The van der Waals surface area contributed by atoms with Crippen molar-refractivity contribution < 1.29 is 22.6 Å². The molecule has 1 atom stereocenters. The molecule has 144 valence electrons. The first-order valence-corrected chi connectivity index (χ1v) is 8.09. The Bertz CT molecular complexity index is 1090. The van der Waals surface area contributed by atoms with Gasteiger partial charge in [0.2, 0.25) is 6.17 Å². The number of hydrogen-bond donors (Lipinski definition) is 0. The van der Waals surface area contributed by atoms with Gasteiger partial charge in [-0.15, -0.1) is 0 Å². The van der Waals surface area contributed by atoms with Gasteiger partial charge in [-0.1, -0.05) is 12.1 Å². The number of rotatable bonds is 6. The van der Waals surface area contributed by atoms with E-state index in [0.717, 1.165) is 4.40 Å². The molecule has 0 aliphatic carbocycles. The second-order valence-corrected chi connectivity index (χ2v) is 5.68. The van der Waals surface area contributed by atoms with Crippen LogP contribution in [-0.2, 0) is 0 Å². The van der Waals surface area contributed by atoms with Gasteiger partial charge in [-0.25, -0.2) is 18.2 Å². The highest BCUT2D eigenvalue weighted by Gasteiger charge is 2.29. The molecule has 6 nitrogen and oxygen atoms in total. The van der Waals surface area contributed by atoms with Crippen molar-refractivity contribution >= 4 is 5.65 Å². The highest BCUT2D eigenvalue weighted by atomic mass is 19.3. The summed E-state index contributed by atoms with van der Waals surface area (Å²) < 4.78 is 51.8. The minimum Gasteiger partial charge on any atom is -0.497 e. The smallest absolute Gasteiger partial charge is 0.275 e. The lowest BCUT2D eigenvalue weighted by atomic mass is 10.0. The van der Waals surface area contributed by atoms with Gasteiger partial charge < -0.3 is 9.47 Å². The van der Waals surface area contributed by atoms with Crippen molar-refractivity contribution in [3.63, 3.8) is 0 Å². The number of methoxy groups -OCH3 is 1. The van der Waals surface area contributed by atoms with E-state index < -0.39 is 23.9 Å². The second-order valence-electron chi connectivity index (χ2n) is 5.68. The molecule has 1 unspecified atom stereocenters. The normalized spacial score (nSPS) is 12.0. The Hall–Kier alpha value is -3.54. The summed E-state index contributed by atoms with van der Waals surface area (Å²) in [5.74, 6) is 0.688. The number of benzene rings is 1. The Morgan fingerprint density at radius 1 is 1.18 bits per heavy atom. The van der Waals surface area contributed by atoms with Crippen LogP contribution < -0.4 is 15.0 Å². The summed E-state index contributed by atoms with van der Waals surface area (Å²) >= 11 is 0. The molecule has 0 amide bonds. The fourth-order valence-electron chi connectivity index (χ4n) is 2.69. The van der Waals surface area contributed by atoms with Crippen LogP contribution in [0.3, 0.4) is 0 Å². The maximum Gasteiger partial charge on any atom is 0.275 e. The standard InChI is InChI=1S/C19H14F3N3O3/c1-27-13-6-8-25-14(10-13)24-17(16(20)18(21)22)15(19(25)26)11-2-4-12(5-3-11)28-9-7-23/h2-6,8,10,16,18H,9H2,1H3. The van der Waals surface area contributed by atoms with Crippen LogP contribution in [0, 0.1) is 11.3 Å². The summed E-state index contributed by atoms with van der Waals surface area (Å²) in [5, 5.41) is 8.54. The van der Waals surface area contributed by atoms with Gasteiger partial charge in [-0.2, -0.15) is 5.26 Å². The van der Waals surface area contributed by atoms with E-state index in [9.17, 15) is 18.0 Å². The van der Waals surface area contributed by atoms with E-state index in [4.69, 9.17) is 14.7 Å². The third-order valence-electron chi connectivity index (χ3n) is 3.99. The minimum absolute atomic E-state index is 0.0135. The van der Waals surface area contributed by atoms with Gasteiger partial charge in [0.1, 0.15) is 23.2 Å². The van der Waals surface area contributed by atoms with Crippen molar-refractivity contribution in [3.05, 3.63) is 58.6 Å². The number of alkyl halides is 3. The van der Waals surface area contributed by atoms with Crippen molar-refractivity contribution in [3.8, 4) is 28.7 Å². The molecule has 0 bridgehead atoms. The quantitative estimate of drug-likeness (QED) is 0.644. The molecule has 0 saturated heterocycles. The number of nitriles is 1. The van der Waals surface area contributed by atoms with E-state index in [1.165, 1.54) is 49.7 Å². The van der Waals surface area contributed by atoms with E-state index in [-0.39, 0.29) is 23.4 Å². The molecule has 0 spiro atoms. The summed E-state index contributed by atoms with van der Waals surface area (Å²) in [6, 6.07) is 10.4. The molecule has 3 aromatic rings. The van der Waals surface area contributed by atoms with Gasteiger partial charge in [0.15, 0.2) is 6.61 Å². The van der Waals surface area contributed by atoms with Crippen LogP contribution in [0.4, 0.5) is 13.2 Å². The molecule has 3 rings (SSSR count). The summed E-state index contributed by atoms with van der Waals surface area (Å²) in [5.41, 5.74) is -1.44. The molecule has 0 aliphatic heterocycles. The lowest BCUT2D eigenvalue weighted by Gasteiger charge is -2.14. The molecule has 0 radical (unpaired) electrons. The Balaban J connectivity index is 2.22. The van der Waals surface area contributed by atoms with Gasteiger partial charge in [0.05, 0.1) is 18.4 Å². The van der Waals surface area contributed by atoms with Crippen LogP contribution in [0.15, 0.2) is 47.4 Å². The summed E-state index contributed by atoms with van der Waals surface area (Å²) in [6.45, 7) is -0.176. The van der Waals surface area contributed by atoms with Gasteiger partial charge in [0.25, 0.3) is 12.0 Å². The average molecular weight is 389 g/mol. The molecule has 2 aromatic heterocycles. The molecule has 1 aromatic carbocycles. The van der Waals surface area contributed by atoms with E-state index in [2.05, 4.69) is 4.98 Å². The molecule has 9 heteroatoms. The first-order chi connectivity index (χ1) is 13.5. The Kier molecular flexibility index (Phi) is 5.49. The van der Waals surface area contributed by atoms with E-state index in [0.29, 0.717) is 11.5 Å². The number of aromatic nitrogens is 2. The van der Waals surface area contributed by atoms with Crippen LogP contribution in [0.2, 0.25) is 0 Å². The first kappa shape index (κ1) is 19.2. The van der Waals surface area contributed by atoms with Crippen LogP contribution in [-0.4, -0.2) is 29.5 Å². The molecule has 2 heterocycles. The monoisotopic (exact) mass is 389 g/mol. The summed E-state index contributed by atoms with van der Waals surface area (Å²) in [7, 11) is 1.40. The lowest BCUT2D eigenvalue weighted by molar-refractivity contribution is 0.0476. The number of hydrogen-bond acceptors (Lipinski definition) is 5. The zero-order valence-electron chi connectivity index (χ0n) is 14.6. The zero-order chi connectivity index (χ0) is 20.3. The van der Waals surface area contributed by atoms with Gasteiger partial charge in [-0.05, 0) is 23.8 Å². The molecular formula is C19H14F3N3O3. The van der Waals surface area contributed by atoms with Crippen LogP contribution in [0.1, 0.15) is 11.9 Å². The van der Waals surface area contributed by atoms with E-state index in [1.54, 1.807) is 0 Å². The fourth-order valence-corrected chi connectivity index (χ4v) is 2.69. The van der Waals surface area contributed by atoms with E-state index in [1.807, 2.05) is 6.07 Å². The average Bonchev–Trinajstić information content (AvgIpc) is 2.71. The predicted octanol–water partition coefficient (Wildman–Crippen LogP) is 3.55. The van der Waals surface area contributed by atoms with Crippen molar-refractivity contribution in [1.82, 2.24) is 9.38 Å². The maximum absolute atomic E-state index is 14.3. The number of ether oxygens (including phenoxy) is 2. The minimum atomic E-state index is -3.35. The molecule has 28 heavy (non-hydrogen) atoms. The maximum atomic E-state index is 14.3. The number of fused-ring (bicyclic) bond motifs is 1. The number of pyridine rings is 1. The third kappa shape index (κ3) is 3.62. The topological polar surface area (TPSA) is 76.6 Å². The van der Waals surface area contributed by atoms with Crippen molar-refractivity contribution in [2.24, 2.45) is 0 Å². The SMILES string of the molecule is COc1ccn2c(=O)c(-c3ccc(OCC#N)cc3)c(C(F)C(F)F)nc2c1. The van der Waals surface area contributed by atoms with Crippen LogP contribution >= 0.6 is 0 Å². The fraction of sp³-hybridized carbons (Fsp3) is 0.211. The highest BCUT2D eigenvalue weighted by Crippen LogP contribution is 2.31. The van der Waals surface area contributed by atoms with Gasteiger partial charge in [-0.3, -0.25) is 9.20 Å². The summed E-state index contributed by atoms with van der Waals surface area (Å²) in [4.78, 5) is 16.9. The van der Waals surface area contributed by atoms with Crippen LogP contribution in [0.5, 0.6) is 11.5 Å². The predicted molar refractivity (Wildman–Crippen MR) is 94.4 cm³/mol. The third-order valence-corrected chi connectivity index (χ3v) is 3.99.